The zero-order valence-corrected chi connectivity index (χ0v) is 14.2. The number of nitrogens with zero attached hydrogens (tertiary/aromatic N) is 1. The van der Waals surface area contributed by atoms with E-state index in [0.717, 1.165) is 5.56 Å². The maximum Gasteiger partial charge on any atom is 0.256 e. The van der Waals surface area contributed by atoms with Gasteiger partial charge in [0, 0.05) is 11.1 Å². The van der Waals surface area contributed by atoms with Crippen LogP contribution in [0.4, 0.5) is 10.1 Å². The lowest BCUT2D eigenvalue weighted by Gasteiger charge is -2.09. The highest BCUT2D eigenvalue weighted by Gasteiger charge is 2.17. The van der Waals surface area contributed by atoms with Crippen LogP contribution in [0, 0.1) is 5.82 Å². The molecule has 4 rings (SSSR count). The van der Waals surface area contributed by atoms with Crippen molar-refractivity contribution in [3.63, 3.8) is 0 Å². The Morgan fingerprint density at radius 2 is 1.59 bits per heavy atom. The highest BCUT2D eigenvalue weighted by molar-refractivity contribution is 6.08. The minimum atomic E-state index is -0.495. The Hall–Kier alpha value is -3.73. The number of aromatic nitrogens is 1. The van der Waals surface area contributed by atoms with Crippen molar-refractivity contribution in [2.24, 2.45) is 0 Å². The topological polar surface area (TPSA) is 55.1 Å². The molecule has 0 saturated heterocycles. The molecule has 4 nitrogen and oxygen atoms in total. The van der Waals surface area contributed by atoms with Crippen LogP contribution in [-0.2, 0) is 0 Å². The molecule has 1 amide bonds. The quantitative estimate of drug-likeness (QED) is 0.531. The Morgan fingerprint density at radius 3 is 2.41 bits per heavy atom. The van der Waals surface area contributed by atoms with Gasteiger partial charge in [-0.2, -0.15) is 0 Å². The molecule has 27 heavy (non-hydrogen) atoms. The van der Waals surface area contributed by atoms with Gasteiger partial charge in [-0.3, -0.25) is 4.79 Å². The number of carbonyl (C=O) groups is 1. The molecule has 0 aliphatic rings. The summed E-state index contributed by atoms with van der Waals surface area (Å²) >= 11 is 0. The molecule has 0 unspecified atom stereocenters. The number of amides is 1. The van der Waals surface area contributed by atoms with Gasteiger partial charge in [0.2, 0.25) is 5.89 Å². The molecule has 0 aliphatic heterocycles. The average Bonchev–Trinajstić information content (AvgIpc) is 3.20. The Labute approximate surface area is 155 Å². The van der Waals surface area contributed by atoms with E-state index in [1.807, 2.05) is 30.3 Å². The predicted octanol–water partition coefficient (Wildman–Crippen LogP) is 5.40. The van der Waals surface area contributed by atoms with Crippen LogP contribution in [0.5, 0.6) is 0 Å². The lowest BCUT2D eigenvalue weighted by Crippen LogP contribution is -2.14. The average molecular weight is 358 g/mol. The summed E-state index contributed by atoms with van der Waals surface area (Å²) < 4.78 is 19.7. The monoisotopic (exact) mass is 358 g/mol. The second kappa shape index (κ2) is 7.25. The van der Waals surface area contributed by atoms with E-state index >= 15 is 0 Å². The smallest absolute Gasteiger partial charge is 0.256 e. The van der Waals surface area contributed by atoms with Crippen molar-refractivity contribution >= 4 is 11.6 Å². The first-order chi connectivity index (χ1) is 13.2. The summed E-state index contributed by atoms with van der Waals surface area (Å²) in [6.07, 6.45) is 1.62. The van der Waals surface area contributed by atoms with Crippen LogP contribution in [0.3, 0.4) is 0 Å². The summed E-state index contributed by atoms with van der Waals surface area (Å²) in [5, 5.41) is 2.59. The Balaban J connectivity index is 1.67. The molecule has 3 aromatic carbocycles. The van der Waals surface area contributed by atoms with Crippen molar-refractivity contribution in [2.75, 3.05) is 5.32 Å². The summed E-state index contributed by atoms with van der Waals surface area (Å²) in [7, 11) is 0. The van der Waals surface area contributed by atoms with E-state index < -0.39 is 11.7 Å². The molecule has 0 radical (unpaired) electrons. The van der Waals surface area contributed by atoms with Crippen LogP contribution in [0.1, 0.15) is 10.4 Å². The molecule has 0 aliphatic carbocycles. The number of para-hydroxylation sites is 1. The first-order valence-electron chi connectivity index (χ1n) is 8.39. The largest absolute Gasteiger partial charge is 0.436 e. The molecule has 0 saturated carbocycles. The van der Waals surface area contributed by atoms with Gasteiger partial charge in [0.05, 0.1) is 17.4 Å². The second-order valence-corrected chi connectivity index (χ2v) is 5.88. The number of anilines is 1. The van der Waals surface area contributed by atoms with Crippen LogP contribution >= 0.6 is 0 Å². The van der Waals surface area contributed by atoms with E-state index in [1.165, 1.54) is 12.1 Å². The molecule has 5 heteroatoms. The lowest BCUT2D eigenvalue weighted by molar-refractivity contribution is 0.102. The second-order valence-electron chi connectivity index (χ2n) is 5.88. The maximum absolute atomic E-state index is 13.8. The van der Waals surface area contributed by atoms with Crippen LogP contribution in [-0.4, -0.2) is 10.9 Å². The number of benzene rings is 3. The lowest BCUT2D eigenvalue weighted by atomic mass is 10.1. The normalized spacial score (nSPS) is 10.6. The first kappa shape index (κ1) is 16.7. The fourth-order valence-corrected chi connectivity index (χ4v) is 2.75. The van der Waals surface area contributed by atoms with Gasteiger partial charge in [-0.25, -0.2) is 9.37 Å². The number of carbonyl (C=O) groups excluding carboxylic acids is 1. The van der Waals surface area contributed by atoms with Crippen molar-refractivity contribution in [3.05, 3.63) is 96.4 Å². The van der Waals surface area contributed by atoms with E-state index in [2.05, 4.69) is 10.3 Å². The zero-order valence-electron chi connectivity index (χ0n) is 14.2. The molecule has 0 spiro atoms. The van der Waals surface area contributed by atoms with E-state index in [9.17, 15) is 9.18 Å². The summed E-state index contributed by atoms with van der Waals surface area (Å²) in [6, 6.07) is 22.5. The van der Waals surface area contributed by atoms with Crippen molar-refractivity contribution in [1.82, 2.24) is 4.98 Å². The van der Waals surface area contributed by atoms with Gasteiger partial charge in [0.15, 0.2) is 5.76 Å². The molecule has 132 valence electrons. The summed E-state index contributed by atoms with van der Waals surface area (Å²) in [5.41, 5.74) is 1.90. The minimum absolute atomic E-state index is 0.120. The number of halogens is 1. The molecular formula is C22H15FN2O2. The molecule has 1 heterocycles. The fraction of sp³-hybridized carbons (Fsp3) is 0. The van der Waals surface area contributed by atoms with Crippen molar-refractivity contribution in [2.45, 2.75) is 0 Å². The first-order valence-corrected chi connectivity index (χ1v) is 8.39. The van der Waals surface area contributed by atoms with E-state index in [0.29, 0.717) is 22.8 Å². The Morgan fingerprint density at radius 1 is 0.889 bits per heavy atom. The van der Waals surface area contributed by atoms with Crippen molar-refractivity contribution < 1.29 is 13.6 Å². The standard InChI is InChI=1S/C22H15FN2O2/c23-18-12-6-7-13-19(18)25-21(26)16-10-4-5-11-17(16)22-24-14-20(27-22)15-8-2-1-3-9-15/h1-14H,(H,25,26). The predicted molar refractivity (Wildman–Crippen MR) is 102 cm³/mol. The molecule has 0 atom stereocenters. The Kier molecular flexibility index (Phi) is 4.49. The maximum atomic E-state index is 13.8. The van der Waals surface area contributed by atoms with Crippen molar-refractivity contribution in [3.8, 4) is 22.8 Å². The van der Waals surface area contributed by atoms with Gasteiger partial charge in [0.1, 0.15) is 5.82 Å². The van der Waals surface area contributed by atoms with Gasteiger partial charge in [-0.1, -0.05) is 54.6 Å². The number of nitrogens with one attached hydrogen (secondary N) is 1. The molecular weight excluding hydrogens is 343 g/mol. The van der Waals surface area contributed by atoms with Gasteiger partial charge in [0.25, 0.3) is 5.91 Å². The molecule has 1 aromatic heterocycles. The van der Waals surface area contributed by atoms with Crippen LogP contribution in [0.25, 0.3) is 22.8 Å². The van der Waals surface area contributed by atoms with Gasteiger partial charge >= 0.3 is 0 Å². The summed E-state index contributed by atoms with van der Waals surface area (Å²) in [5.74, 6) is 0.00373. The highest BCUT2D eigenvalue weighted by atomic mass is 19.1. The molecule has 0 fully saturated rings. The third-order valence-electron chi connectivity index (χ3n) is 4.09. The zero-order chi connectivity index (χ0) is 18.6. The molecule has 1 N–H and O–H groups in total. The summed E-state index contributed by atoms with van der Waals surface area (Å²) in [6.45, 7) is 0. The van der Waals surface area contributed by atoms with Crippen LogP contribution < -0.4 is 5.32 Å². The third kappa shape index (κ3) is 3.48. The fourth-order valence-electron chi connectivity index (χ4n) is 2.75. The summed E-state index contributed by atoms with van der Waals surface area (Å²) in [4.78, 5) is 17.0. The number of hydrogen-bond donors (Lipinski definition) is 1. The van der Waals surface area contributed by atoms with Gasteiger partial charge < -0.3 is 9.73 Å². The van der Waals surface area contributed by atoms with Gasteiger partial charge in [-0.15, -0.1) is 0 Å². The molecule has 4 aromatic rings. The van der Waals surface area contributed by atoms with E-state index in [1.54, 1.807) is 42.6 Å². The van der Waals surface area contributed by atoms with E-state index in [-0.39, 0.29) is 5.69 Å². The van der Waals surface area contributed by atoms with Crippen molar-refractivity contribution in [1.29, 1.82) is 0 Å². The number of hydrogen-bond acceptors (Lipinski definition) is 3. The van der Waals surface area contributed by atoms with Crippen LogP contribution in [0.15, 0.2) is 89.5 Å². The Bertz CT molecular complexity index is 1090. The number of oxazole rings is 1. The number of rotatable bonds is 4. The highest BCUT2D eigenvalue weighted by Crippen LogP contribution is 2.28. The van der Waals surface area contributed by atoms with Gasteiger partial charge in [-0.05, 0) is 24.3 Å². The van der Waals surface area contributed by atoms with E-state index in [4.69, 9.17) is 4.42 Å². The SMILES string of the molecule is O=C(Nc1ccccc1F)c1ccccc1-c1ncc(-c2ccccc2)o1. The third-order valence-corrected chi connectivity index (χ3v) is 4.09. The molecule has 0 bridgehead atoms. The van der Waals surface area contributed by atoms with Crippen LogP contribution in [0.2, 0.25) is 0 Å². The minimum Gasteiger partial charge on any atom is -0.436 e.